The predicted octanol–water partition coefficient (Wildman–Crippen LogP) is 3.39. The Labute approximate surface area is 163 Å². The van der Waals surface area contributed by atoms with Crippen molar-refractivity contribution in [1.82, 2.24) is 14.7 Å². The largest absolute Gasteiger partial charge is 0.444 e. The Kier molecular flexibility index (Phi) is 5.67. The third-order valence-corrected chi connectivity index (χ3v) is 4.32. The van der Waals surface area contributed by atoms with Crippen LogP contribution in [0.5, 0.6) is 0 Å². The van der Waals surface area contributed by atoms with E-state index in [0.717, 1.165) is 6.42 Å². The van der Waals surface area contributed by atoms with E-state index in [-0.39, 0.29) is 30.3 Å². The Morgan fingerprint density at radius 2 is 2.11 bits per heavy atom. The molecule has 0 saturated carbocycles. The molecule has 0 aliphatic carbocycles. The first-order chi connectivity index (χ1) is 13.2. The molecule has 0 radical (unpaired) electrons. The highest BCUT2D eigenvalue weighted by atomic mass is 19.1. The van der Waals surface area contributed by atoms with Gasteiger partial charge in [0.1, 0.15) is 11.4 Å². The molecule has 1 aromatic carbocycles. The number of carbonyl (C=O) groups excluding carboxylic acids is 2. The highest BCUT2D eigenvalue weighted by Crippen LogP contribution is 2.23. The number of hydrogen-bond acceptors (Lipinski definition) is 4. The van der Waals surface area contributed by atoms with Gasteiger partial charge in [0.2, 0.25) is 5.91 Å². The lowest BCUT2D eigenvalue weighted by Crippen LogP contribution is -2.35. The zero-order chi connectivity index (χ0) is 20.3. The molecule has 150 valence electrons. The van der Waals surface area contributed by atoms with Crippen molar-refractivity contribution in [3.05, 3.63) is 47.9 Å². The number of nitrogens with zero attached hydrogens (tertiary/aromatic N) is 3. The van der Waals surface area contributed by atoms with Crippen molar-refractivity contribution in [2.24, 2.45) is 0 Å². The number of nitrogens with one attached hydrogen (secondary N) is 1. The highest BCUT2D eigenvalue weighted by Gasteiger charge is 2.31. The molecular weight excluding hydrogens is 363 g/mol. The lowest BCUT2D eigenvalue weighted by Gasteiger charge is -2.24. The third-order valence-electron chi connectivity index (χ3n) is 4.32. The fourth-order valence-corrected chi connectivity index (χ4v) is 3.08. The Bertz CT molecular complexity index is 859. The molecule has 0 bridgehead atoms. The van der Waals surface area contributed by atoms with E-state index in [4.69, 9.17) is 4.74 Å². The lowest BCUT2D eigenvalue weighted by atomic mass is 10.1. The number of hydrogen-bond donors (Lipinski definition) is 1. The summed E-state index contributed by atoms with van der Waals surface area (Å²) in [5, 5.41) is 7.11. The number of carbonyl (C=O) groups is 2. The molecule has 0 spiro atoms. The molecule has 2 aromatic rings. The van der Waals surface area contributed by atoms with Gasteiger partial charge in [0.15, 0.2) is 5.82 Å². The Hall–Kier alpha value is -2.90. The second kappa shape index (κ2) is 8.00. The van der Waals surface area contributed by atoms with Gasteiger partial charge in [-0.15, -0.1) is 0 Å². The first-order valence-electron chi connectivity index (χ1n) is 9.27. The second-order valence-electron chi connectivity index (χ2n) is 7.90. The maximum absolute atomic E-state index is 13.2. The number of halogens is 1. The molecule has 1 saturated heterocycles. The maximum atomic E-state index is 13.2. The van der Waals surface area contributed by atoms with Crippen LogP contribution in [0, 0.1) is 5.82 Å². The van der Waals surface area contributed by atoms with Gasteiger partial charge >= 0.3 is 6.09 Å². The molecule has 1 aliphatic rings. The molecule has 1 N–H and O–H groups in total. The first kappa shape index (κ1) is 19.9. The van der Waals surface area contributed by atoms with Crippen molar-refractivity contribution in [3.63, 3.8) is 0 Å². The third kappa shape index (κ3) is 5.31. The first-order valence-corrected chi connectivity index (χ1v) is 9.27. The Balaban J connectivity index is 1.54. The van der Waals surface area contributed by atoms with Gasteiger partial charge < -0.3 is 15.0 Å². The molecule has 3 rings (SSSR count). The smallest absolute Gasteiger partial charge is 0.410 e. The average Bonchev–Trinajstić information content (AvgIpc) is 3.22. The number of amides is 2. The summed E-state index contributed by atoms with van der Waals surface area (Å²) in [5.41, 5.74) is 0.0701. The van der Waals surface area contributed by atoms with Crippen molar-refractivity contribution >= 4 is 17.8 Å². The average molecular weight is 388 g/mol. The Morgan fingerprint density at radius 1 is 1.32 bits per heavy atom. The lowest BCUT2D eigenvalue weighted by molar-refractivity contribution is -0.115. The van der Waals surface area contributed by atoms with Crippen LogP contribution in [0.1, 0.15) is 38.8 Å². The van der Waals surface area contributed by atoms with E-state index in [1.807, 2.05) is 20.8 Å². The monoisotopic (exact) mass is 388 g/mol. The van der Waals surface area contributed by atoms with Crippen molar-refractivity contribution in [2.75, 3.05) is 18.4 Å². The number of anilines is 1. The van der Waals surface area contributed by atoms with Crippen LogP contribution < -0.4 is 5.32 Å². The number of likely N-dealkylation sites (tertiary alicyclic amines) is 1. The molecule has 28 heavy (non-hydrogen) atoms. The normalized spacial score (nSPS) is 16.9. The van der Waals surface area contributed by atoms with Crippen LogP contribution >= 0.6 is 0 Å². The van der Waals surface area contributed by atoms with E-state index in [2.05, 4.69) is 10.4 Å². The van der Waals surface area contributed by atoms with Crippen molar-refractivity contribution < 1.29 is 18.7 Å². The minimum atomic E-state index is -0.528. The fraction of sp³-hybridized carbons (Fsp3) is 0.450. The summed E-state index contributed by atoms with van der Waals surface area (Å²) in [4.78, 5) is 26.0. The van der Waals surface area contributed by atoms with Gasteiger partial charge in [-0.1, -0.05) is 12.1 Å². The van der Waals surface area contributed by atoms with Crippen LogP contribution in [-0.2, 0) is 16.0 Å². The van der Waals surface area contributed by atoms with Crippen molar-refractivity contribution in [3.8, 4) is 0 Å². The van der Waals surface area contributed by atoms with Gasteiger partial charge in [0.05, 0.1) is 12.5 Å². The summed E-state index contributed by atoms with van der Waals surface area (Å²) in [6.07, 6.45) is 2.28. The van der Waals surface area contributed by atoms with Crippen molar-refractivity contribution in [2.45, 2.75) is 45.3 Å². The SMILES string of the molecule is CC(C)(C)OC(=O)N1CCC(n2ccc(NC(=O)Cc3cccc(F)c3)n2)C1. The highest BCUT2D eigenvalue weighted by molar-refractivity contribution is 5.91. The van der Waals surface area contributed by atoms with Crippen LogP contribution in [0.15, 0.2) is 36.5 Å². The molecule has 1 aromatic heterocycles. The maximum Gasteiger partial charge on any atom is 0.410 e. The molecule has 1 atom stereocenters. The van der Waals surface area contributed by atoms with E-state index in [9.17, 15) is 14.0 Å². The molecule has 8 heteroatoms. The summed E-state index contributed by atoms with van der Waals surface area (Å²) in [6, 6.07) is 7.68. The standard InChI is InChI=1S/C20H25FN4O3/c1-20(2,3)28-19(27)24-9-7-16(13-24)25-10-8-17(23-25)22-18(26)12-14-5-4-6-15(21)11-14/h4-6,8,10-11,16H,7,9,12-13H2,1-3H3,(H,22,23,26). The minimum Gasteiger partial charge on any atom is -0.444 e. The molecule has 7 nitrogen and oxygen atoms in total. The fourth-order valence-electron chi connectivity index (χ4n) is 3.08. The molecular formula is C20H25FN4O3. The number of aromatic nitrogens is 2. The predicted molar refractivity (Wildman–Crippen MR) is 102 cm³/mol. The summed E-state index contributed by atoms with van der Waals surface area (Å²) >= 11 is 0. The Morgan fingerprint density at radius 3 is 2.82 bits per heavy atom. The second-order valence-corrected chi connectivity index (χ2v) is 7.90. The number of benzene rings is 1. The zero-order valence-electron chi connectivity index (χ0n) is 16.3. The van der Waals surface area contributed by atoms with Crippen LogP contribution in [0.4, 0.5) is 15.0 Å². The number of rotatable bonds is 4. The van der Waals surface area contributed by atoms with Crippen LogP contribution in [0.25, 0.3) is 0 Å². The quantitative estimate of drug-likeness (QED) is 0.871. The van der Waals surface area contributed by atoms with Gasteiger partial charge in [0.25, 0.3) is 0 Å². The summed E-state index contributed by atoms with van der Waals surface area (Å²) in [7, 11) is 0. The van der Waals surface area contributed by atoms with E-state index < -0.39 is 5.60 Å². The van der Waals surface area contributed by atoms with Gasteiger partial charge in [-0.25, -0.2) is 9.18 Å². The van der Waals surface area contributed by atoms with E-state index >= 15 is 0 Å². The summed E-state index contributed by atoms with van der Waals surface area (Å²) in [6.45, 7) is 6.62. The van der Waals surface area contributed by atoms with Crippen LogP contribution in [0.2, 0.25) is 0 Å². The summed E-state index contributed by atoms with van der Waals surface area (Å²) < 4.78 is 20.4. The topological polar surface area (TPSA) is 76.5 Å². The van der Waals surface area contributed by atoms with Gasteiger partial charge in [0, 0.05) is 25.4 Å². The van der Waals surface area contributed by atoms with Crippen molar-refractivity contribution in [1.29, 1.82) is 0 Å². The van der Waals surface area contributed by atoms with E-state index in [1.165, 1.54) is 12.1 Å². The zero-order valence-corrected chi connectivity index (χ0v) is 16.3. The van der Waals surface area contributed by atoms with Crippen LogP contribution in [-0.4, -0.2) is 45.4 Å². The molecule has 2 heterocycles. The van der Waals surface area contributed by atoms with Gasteiger partial charge in [-0.2, -0.15) is 5.10 Å². The van der Waals surface area contributed by atoms with Gasteiger partial charge in [-0.3, -0.25) is 9.48 Å². The minimum absolute atomic E-state index is 0.0291. The van der Waals surface area contributed by atoms with Gasteiger partial charge in [-0.05, 0) is 44.9 Å². The summed E-state index contributed by atoms with van der Waals surface area (Å²) in [5.74, 6) is -0.208. The van der Waals surface area contributed by atoms with E-state index in [0.29, 0.717) is 24.5 Å². The number of ether oxygens (including phenoxy) is 1. The molecule has 2 amide bonds. The molecule has 1 fully saturated rings. The molecule has 1 aliphatic heterocycles. The van der Waals surface area contributed by atoms with Crippen LogP contribution in [0.3, 0.4) is 0 Å². The van der Waals surface area contributed by atoms with E-state index in [1.54, 1.807) is 34.0 Å². The molecule has 1 unspecified atom stereocenters.